The van der Waals surface area contributed by atoms with Gasteiger partial charge in [0.1, 0.15) is 12.0 Å². The zero-order chi connectivity index (χ0) is 19.6. The van der Waals surface area contributed by atoms with Gasteiger partial charge in [0, 0.05) is 21.8 Å². The number of anilines is 1. The minimum Gasteiger partial charge on any atom is -0.444 e. The molecular formula is C21H15ClN2O3S. The third kappa shape index (κ3) is 3.93. The standard InChI is InChI=1S/C21H15ClN2O3S/c22-17-9-11-19(12-10-17)28(25,26)24-18-8-4-7-16(13-18)21-23-20(14-27-21)15-5-2-1-3-6-15/h1-14,24H. The predicted molar refractivity (Wildman–Crippen MR) is 110 cm³/mol. The lowest BCUT2D eigenvalue weighted by Crippen LogP contribution is -2.12. The molecule has 0 saturated carbocycles. The molecule has 1 aromatic heterocycles. The summed E-state index contributed by atoms with van der Waals surface area (Å²) in [6.07, 6.45) is 1.58. The Morgan fingerprint density at radius 3 is 2.32 bits per heavy atom. The predicted octanol–water partition coefficient (Wildman–Crippen LogP) is 5.46. The number of halogens is 1. The SMILES string of the molecule is O=S(=O)(Nc1cccc(-c2nc(-c3ccccc3)co2)c1)c1ccc(Cl)cc1. The Bertz CT molecular complexity index is 1200. The molecular weight excluding hydrogens is 396 g/mol. The first-order valence-corrected chi connectivity index (χ1v) is 10.3. The summed E-state index contributed by atoms with van der Waals surface area (Å²) in [6.45, 7) is 0. The maximum atomic E-state index is 12.6. The Kier molecular flexibility index (Phi) is 4.90. The molecule has 140 valence electrons. The second-order valence-corrected chi connectivity index (χ2v) is 8.16. The first kappa shape index (κ1) is 18.3. The van der Waals surface area contributed by atoms with E-state index >= 15 is 0 Å². The summed E-state index contributed by atoms with van der Waals surface area (Å²) in [6, 6.07) is 22.5. The van der Waals surface area contributed by atoms with E-state index in [9.17, 15) is 8.42 Å². The molecule has 0 bridgehead atoms. The highest BCUT2D eigenvalue weighted by Crippen LogP contribution is 2.27. The first-order valence-electron chi connectivity index (χ1n) is 8.41. The van der Waals surface area contributed by atoms with Crippen molar-refractivity contribution in [3.63, 3.8) is 0 Å². The molecule has 0 aliphatic carbocycles. The first-order chi connectivity index (χ1) is 13.5. The summed E-state index contributed by atoms with van der Waals surface area (Å²) in [5.41, 5.74) is 2.73. The van der Waals surface area contributed by atoms with Crippen molar-refractivity contribution in [1.29, 1.82) is 0 Å². The van der Waals surface area contributed by atoms with Gasteiger partial charge in [-0.1, -0.05) is 48.0 Å². The van der Waals surface area contributed by atoms with Crippen LogP contribution in [0.1, 0.15) is 0 Å². The Balaban J connectivity index is 1.60. The van der Waals surface area contributed by atoms with Gasteiger partial charge < -0.3 is 4.42 Å². The van der Waals surface area contributed by atoms with E-state index in [1.165, 1.54) is 24.3 Å². The highest BCUT2D eigenvalue weighted by atomic mass is 35.5. The number of nitrogens with zero attached hydrogens (tertiary/aromatic N) is 1. The van der Waals surface area contributed by atoms with Gasteiger partial charge in [0.15, 0.2) is 0 Å². The smallest absolute Gasteiger partial charge is 0.261 e. The van der Waals surface area contributed by atoms with Crippen LogP contribution in [0.5, 0.6) is 0 Å². The van der Waals surface area contributed by atoms with E-state index in [-0.39, 0.29) is 4.90 Å². The van der Waals surface area contributed by atoms with E-state index in [4.69, 9.17) is 16.0 Å². The number of oxazole rings is 1. The lowest BCUT2D eigenvalue weighted by atomic mass is 10.2. The molecule has 0 unspecified atom stereocenters. The number of sulfonamides is 1. The summed E-state index contributed by atoms with van der Waals surface area (Å²) in [5, 5.41) is 0.471. The summed E-state index contributed by atoms with van der Waals surface area (Å²) < 4.78 is 33.3. The second kappa shape index (κ2) is 7.50. The molecule has 4 rings (SSSR count). The normalized spacial score (nSPS) is 11.3. The van der Waals surface area contributed by atoms with Gasteiger partial charge in [-0.15, -0.1) is 0 Å². The zero-order valence-electron chi connectivity index (χ0n) is 14.5. The minimum atomic E-state index is -3.73. The molecule has 7 heteroatoms. The van der Waals surface area contributed by atoms with Crippen molar-refractivity contribution in [3.05, 3.63) is 90.1 Å². The number of aromatic nitrogens is 1. The molecule has 0 aliphatic heterocycles. The molecule has 1 heterocycles. The monoisotopic (exact) mass is 410 g/mol. The van der Waals surface area contributed by atoms with Crippen LogP contribution in [0.4, 0.5) is 5.69 Å². The van der Waals surface area contributed by atoms with Crippen LogP contribution in [0.15, 0.2) is 94.4 Å². The van der Waals surface area contributed by atoms with E-state index < -0.39 is 10.0 Å². The fourth-order valence-corrected chi connectivity index (χ4v) is 3.87. The van der Waals surface area contributed by atoms with Crippen molar-refractivity contribution in [2.45, 2.75) is 4.90 Å². The number of rotatable bonds is 5. The number of nitrogens with one attached hydrogen (secondary N) is 1. The van der Waals surface area contributed by atoms with Gasteiger partial charge in [-0.3, -0.25) is 4.72 Å². The van der Waals surface area contributed by atoms with Crippen LogP contribution in [0, 0.1) is 0 Å². The van der Waals surface area contributed by atoms with E-state index in [1.807, 2.05) is 30.3 Å². The molecule has 0 atom stereocenters. The van der Waals surface area contributed by atoms with E-state index in [2.05, 4.69) is 9.71 Å². The summed E-state index contributed by atoms with van der Waals surface area (Å²) in [7, 11) is -3.73. The largest absolute Gasteiger partial charge is 0.444 e. The summed E-state index contributed by atoms with van der Waals surface area (Å²) >= 11 is 5.82. The van der Waals surface area contributed by atoms with Crippen LogP contribution >= 0.6 is 11.6 Å². The highest BCUT2D eigenvalue weighted by Gasteiger charge is 2.15. The fourth-order valence-electron chi connectivity index (χ4n) is 2.69. The Morgan fingerprint density at radius 2 is 1.57 bits per heavy atom. The highest BCUT2D eigenvalue weighted by molar-refractivity contribution is 7.92. The Labute approximate surface area is 167 Å². The molecule has 0 aliphatic rings. The summed E-state index contributed by atoms with van der Waals surface area (Å²) in [4.78, 5) is 4.63. The van der Waals surface area contributed by atoms with Crippen LogP contribution in [0.3, 0.4) is 0 Å². The molecule has 0 fully saturated rings. The minimum absolute atomic E-state index is 0.129. The maximum absolute atomic E-state index is 12.6. The van der Waals surface area contributed by atoms with Crippen molar-refractivity contribution >= 4 is 27.3 Å². The number of hydrogen-bond acceptors (Lipinski definition) is 4. The van der Waals surface area contributed by atoms with Gasteiger partial charge in [0.25, 0.3) is 10.0 Å². The topological polar surface area (TPSA) is 72.2 Å². The van der Waals surface area contributed by atoms with Crippen molar-refractivity contribution < 1.29 is 12.8 Å². The maximum Gasteiger partial charge on any atom is 0.261 e. The molecule has 0 amide bonds. The van der Waals surface area contributed by atoms with Gasteiger partial charge >= 0.3 is 0 Å². The number of hydrogen-bond donors (Lipinski definition) is 1. The van der Waals surface area contributed by atoms with Crippen LogP contribution < -0.4 is 4.72 Å². The average Bonchev–Trinajstić information content (AvgIpc) is 3.19. The molecule has 0 radical (unpaired) electrons. The Hall–Kier alpha value is -3.09. The van der Waals surface area contributed by atoms with Crippen molar-refractivity contribution in [1.82, 2.24) is 4.98 Å². The molecule has 28 heavy (non-hydrogen) atoms. The van der Waals surface area contributed by atoms with Gasteiger partial charge in [-0.05, 0) is 42.5 Å². The third-order valence-electron chi connectivity index (χ3n) is 4.06. The molecule has 0 spiro atoms. The molecule has 0 saturated heterocycles. The second-order valence-electron chi connectivity index (χ2n) is 6.04. The molecule has 3 aromatic carbocycles. The zero-order valence-corrected chi connectivity index (χ0v) is 16.1. The summed E-state index contributed by atoms with van der Waals surface area (Å²) in [5.74, 6) is 0.409. The average molecular weight is 411 g/mol. The van der Waals surface area contributed by atoms with Crippen molar-refractivity contribution in [2.75, 3.05) is 4.72 Å². The van der Waals surface area contributed by atoms with Crippen molar-refractivity contribution in [3.8, 4) is 22.7 Å². The van der Waals surface area contributed by atoms with Crippen LogP contribution in [-0.2, 0) is 10.0 Å². The third-order valence-corrected chi connectivity index (χ3v) is 5.71. The van der Waals surface area contributed by atoms with Gasteiger partial charge in [-0.25, -0.2) is 13.4 Å². The molecule has 4 aromatic rings. The molecule has 5 nitrogen and oxygen atoms in total. The van der Waals surface area contributed by atoms with E-state index in [1.54, 1.807) is 30.5 Å². The van der Waals surface area contributed by atoms with Crippen molar-refractivity contribution in [2.24, 2.45) is 0 Å². The van der Waals surface area contributed by atoms with E-state index in [0.717, 1.165) is 5.56 Å². The lowest BCUT2D eigenvalue weighted by Gasteiger charge is -2.09. The van der Waals surface area contributed by atoms with Gasteiger partial charge in [0.05, 0.1) is 4.90 Å². The quantitative estimate of drug-likeness (QED) is 0.474. The van der Waals surface area contributed by atoms with Crippen LogP contribution in [0.25, 0.3) is 22.7 Å². The number of benzene rings is 3. The molecule has 1 N–H and O–H groups in total. The fraction of sp³-hybridized carbons (Fsp3) is 0. The Morgan fingerprint density at radius 1 is 0.857 bits per heavy atom. The van der Waals surface area contributed by atoms with Crippen LogP contribution in [0.2, 0.25) is 5.02 Å². The van der Waals surface area contributed by atoms with Crippen LogP contribution in [-0.4, -0.2) is 13.4 Å². The van der Waals surface area contributed by atoms with Gasteiger partial charge in [0.2, 0.25) is 5.89 Å². The lowest BCUT2D eigenvalue weighted by molar-refractivity contribution is 0.575. The van der Waals surface area contributed by atoms with E-state index in [0.29, 0.717) is 27.9 Å². The van der Waals surface area contributed by atoms with Gasteiger partial charge in [-0.2, -0.15) is 0 Å².